The number of ether oxygens (including phenoxy) is 3. The van der Waals surface area contributed by atoms with Crippen molar-refractivity contribution in [1.82, 2.24) is 4.90 Å². The Balaban J connectivity index is 1.40. The lowest BCUT2D eigenvalue weighted by Gasteiger charge is -2.36. The van der Waals surface area contributed by atoms with Crippen LogP contribution in [-0.2, 0) is 0 Å². The number of carbonyl (C=O) groups is 1. The summed E-state index contributed by atoms with van der Waals surface area (Å²) in [5, 5.41) is 0. The number of benzene rings is 2. The zero-order valence-corrected chi connectivity index (χ0v) is 14.1. The maximum absolute atomic E-state index is 12.6. The summed E-state index contributed by atoms with van der Waals surface area (Å²) in [6.07, 6.45) is 0. The van der Waals surface area contributed by atoms with Crippen LogP contribution in [0.15, 0.2) is 42.5 Å². The van der Waals surface area contributed by atoms with Crippen molar-refractivity contribution in [3.05, 3.63) is 48.0 Å². The van der Waals surface area contributed by atoms with Gasteiger partial charge in [0.2, 0.25) is 6.79 Å². The molecule has 1 saturated heterocycles. The zero-order valence-electron chi connectivity index (χ0n) is 14.1. The van der Waals surface area contributed by atoms with Crippen molar-refractivity contribution in [2.75, 3.05) is 45.0 Å². The van der Waals surface area contributed by atoms with Gasteiger partial charge in [0.25, 0.3) is 5.91 Å². The molecular formula is C19H20N2O4. The lowest BCUT2D eigenvalue weighted by Crippen LogP contribution is -2.48. The largest absolute Gasteiger partial charge is 0.497 e. The minimum Gasteiger partial charge on any atom is -0.497 e. The van der Waals surface area contributed by atoms with Crippen LogP contribution in [0.3, 0.4) is 0 Å². The van der Waals surface area contributed by atoms with E-state index in [1.54, 1.807) is 7.11 Å². The standard InChI is InChI=1S/C19H20N2O4/c1-23-16-5-2-14(3-6-16)19(22)21-10-8-20(9-11-21)15-4-7-17-18(12-15)25-13-24-17/h2-7,12H,8-11,13H2,1H3. The predicted octanol–water partition coefficient (Wildman–Crippen LogP) is 2.39. The zero-order chi connectivity index (χ0) is 17.2. The number of amides is 1. The molecule has 0 radical (unpaired) electrons. The van der Waals surface area contributed by atoms with E-state index < -0.39 is 0 Å². The van der Waals surface area contributed by atoms with Crippen molar-refractivity contribution in [3.8, 4) is 17.2 Å². The van der Waals surface area contributed by atoms with Gasteiger partial charge in [0.15, 0.2) is 11.5 Å². The number of fused-ring (bicyclic) bond motifs is 1. The van der Waals surface area contributed by atoms with Gasteiger partial charge in [0, 0.05) is 43.5 Å². The minimum absolute atomic E-state index is 0.0630. The van der Waals surface area contributed by atoms with Gasteiger partial charge in [-0.25, -0.2) is 0 Å². The van der Waals surface area contributed by atoms with E-state index in [1.807, 2.05) is 47.4 Å². The number of methoxy groups -OCH3 is 1. The fourth-order valence-electron chi connectivity index (χ4n) is 3.17. The minimum atomic E-state index is 0.0630. The molecule has 1 amide bonds. The number of hydrogen-bond acceptors (Lipinski definition) is 5. The van der Waals surface area contributed by atoms with Crippen molar-refractivity contribution >= 4 is 11.6 Å². The first kappa shape index (κ1) is 15.6. The summed E-state index contributed by atoms with van der Waals surface area (Å²) in [6.45, 7) is 3.25. The second-order valence-electron chi connectivity index (χ2n) is 6.05. The Morgan fingerprint density at radius 1 is 0.960 bits per heavy atom. The maximum Gasteiger partial charge on any atom is 0.253 e. The molecule has 0 bridgehead atoms. The first-order chi connectivity index (χ1) is 12.2. The van der Waals surface area contributed by atoms with E-state index in [9.17, 15) is 4.79 Å². The number of hydrogen-bond donors (Lipinski definition) is 0. The highest BCUT2D eigenvalue weighted by Crippen LogP contribution is 2.35. The monoisotopic (exact) mass is 340 g/mol. The van der Waals surface area contributed by atoms with Crippen LogP contribution in [0.2, 0.25) is 0 Å². The van der Waals surface area contributed by atoms with E-state index in [1.165, 1.54) is 0 Å². The predicted molar refractivity (Wildman–Crippen MR) is 93.7 cm³/mol. The Morgan fingerprint density at radius 2 is 1.68 bits per heavy atom. The number of carbonyl (C=O) groups excluding carboxylic acids is 1. The topological polar surface area (TPSA) is 51.2 Å². The van der Waals surface area contributed by atoms with Gasteiger partial charge in [-0.1, -0.05) is 0 Å². The molecule has 2 aliphatic rings. The van der Waals surface area contributed by atoms with E-state index >= 15 is 0 Å². The molecular weight excluding hydrogens is 320 g/mol. The molecule has 6 heteroatoms. The van der Waals surface area contributed by atoms with Gasteiger partial charge in [-0.05, 0) is 36.4 Å². The van der Waals surface area contributed by atoms with Crippen molar-refractivity contribution in [2.45, 2.75) is 0 Å². The molecule has 6 nitrogen and oxygen atoms in total. The Hall–Kier alpha value is -2.89. The van der Waals surface area contributed by atoms with Crippen LogP contribution in [0.25, 0.3) is 0 Å². The smallest absolute Gasteiger partial charge is 0.253 e. The average Bonchev–Trinajstić information content (AvgIpc) is 3.15. The van der Waals surface area contributed by atoms with Gasteiger partial charge >= 0.3 is 0 Å². The van der Waals surface area contributed by atoms with E-state index in [2.05, 4.69) is 4.90 Å². The first-order valence-corrected chi connectivity index (χ1v) is 8.32. The van der Waals surface area contributed by atoms with Crippen LogP contribution >= 0.6 is 0 Å². The van der Waals surface area contributed by atoms with Crippen molar-refractivity contribution in [1.29, 1.82) is 0 Å². The molecule has 0 aromatic heterocycles. The van der Waals surface area contributed by atoms with Gasteiger partial charge in [-0.15, -0.1) is 0 Å². The Morgan fingerprint density at radius 3 is 2.40 bits per heavy atom. The number of nitrogens with zero attached hydrogens (tertiary/aromatic N) is 2. The Labute approximate surface area is 146 Å². The molecule has 25 heavy (non-hydrogen) atoms. The quantitative estimate of drug-likeness (QED) is 0.859. The molecule has 2 aromatic rings. The summed E-state index contributed by atoms with van der Waals surface area (Å²) >= 11 is 0. The van der Waals surface area contributed by atoms with Crippen LogP contribution in [0.4, 0.5) is 5.69 Å². The summed E-state index contributed by atoms with van der Waals surface area (Å²) in [5.41, 5.74) is 1.79. The second kappa shape index (κ2) is 6.55. The molecule has 4 rings (SSSR count). The fraction of sp³-hybridized carbons (Fsp3) is 0.316. The molecule has 0 spiro atoms. The fourth-order valence-corrected chi connectivity index (χ4v) is 3.17. The third kappa shape index (κ3) is 3.07. The average molecular weight is 340 g/mol. The maximum atomic E-state index is 12.6. The number of rotatable bonds is 3. The van der Waals surface area contributed by atoms with Gasteiger partial charge in [0.05, 0.1) is 7.11 Å². The van der Waals surface area contributed by atoms with Crippen molar-refractivity contribution in [3.63, 3.8) is 0 Å². The molecule has 0 aliphatic carbocycles. The molecule has 2 aliphatic heterocycles. The first-order valence-electron chi connectivity index (χ1n) is 8.32. The van der Waals surface area contributed by atoms with Crippen LogP contribution in [0, 0.1) is 0 Å². The van der Waals surface area contributed by atoms with Crippen molar-refractivity contribution in [2.24, 2.45) is 0 Å². The molecule has 0 N–H and O–H groups in total. The molecule has 130 valence electrons. The van der Waals surface area contributed by atoms with E-state index in [4.69, 9.17) is 14.2 Å². The van der Waals surface area contributed by atoms with Gasteiger partial charge in [0.1, 0.15) is 5.75 Å². The lowest BCUT2D eigenvalue weighted by atomic mass is 10.1. The third-order valence-corrected chi connectivity index (χ3v) is 4.63. The lowest BCUT2D eigenvalue weighted by molar-refractivity contribution is 0.0746. The van der Waals surface area contributed by atoms with Gasteiger partial charge in [-0.3, -0.25) is 4.79 Å². The van der Waals surface area contributed by atoms with E-state index in [0.29, 0.717) is 18.7 Å². The highest BCUT2D eigenvalue weighted by molar-refractivity contribution is 5.94. The van der Waals surface area contributed by atoms with Crippen LogP contribution in [-0.4, -0.2) is 50.9 Å². The summed E-state index contributed by atoms with van der Waals surface area (Å²) in [4.78, 5) is 16.8. The summed E-state index contributed by atoms with van der Waals surface area (Å²) in [5.74, 6) is 2.39. The molecule has 1 fully saturated rings. The van der Waals surface area contributed by atoms with Crippen LogP contribution in [0.1, 0.15) is 10.4 Å². The van der Waals surface area contributed by atoms with E-state index in [0.717, 1.165) is 36.0 Å². The summed E-state index contributed by atoms with van der Waals surface area (Å²) < 4.78 is 15.9. The normalized spacial score (nSPS) is 16.0. The van der Waals surface area contributed by atoms with Crippen LogP contribution < -0.4 is 19.1 Å². The highest BCUT2D eigenvalue weighted by Gasteiger charge is 2.23. The molecule has 2 aromatic carbocycles. The Bertz CT molecular complexity index is 767. The number of piperazine rings is 1. The van der Waals surface area contributed by atoms with Crippen molar-refractivity contribution < 1.29 is 19.0 Å². The Kier molecular flexibility index (Phi) is 4.09. The molecule has 2 heterocycles. The highest BCUT2D eigenvalue weighted by atomic mass is 16.7. The molecule has 0 unspecified atom stereocenters. The van der Waals surface area contributed by atoms with E-state index in [-0.39, 0.29) is 12.7 Å². The third-order valence-electron chi connectivity index (χ3n) is 4.63. The van der Waals surface area contributed by atoms with Gasteiger partial charge in [-0.2, -0.15) is 0 Å². The van der Waals surface area contributed by atoms with Crippen LogP contribution in [0.5, 0.6) is 17.2 Å². The van der Waals surface area contributed by atoms with Gasteiger partial charge < -0.3 is 24.0 Å². The number of anilines is 1. The molecule has 0 atom stereocenters. The second-order valence-corrected chi connectivity index (χ2v) is 6.05. The molecule has 0 saturated carbocycles. The summed E-state index contributed by atoms with van der Waals surface area (Å²) in [6, 6.07) is 13.2. The SMILES string of the molecule is COc1ccc(C(=O)N2CCN(c3ccc4c(c3)OCO4)CC2)cc1. The summed E-state index contributed by atoms with van der Waals surface area (Å²) in [7, 11) is 1.62.